The van der Waals surface area contributed by atoms with Gasteiger partial charge in [-0.2, -0.15) is 0 Å². The van der Waals surface area contributed by atoms with E-state index in [0.717, 1.165) is 24.0 Å². The third-order valence-corrected chi connectivity index (χ3v) is 6.36. The largest absolute Gasteiger partial charge is 0.472 e. The Morgan fingerprint density at radius 1 is 1.26 bits per heavy atom. The summed E-state index contributed by atoms with van der Waals surface area (Å²) in [6, 6.07) is 1.80. The number of ketones is 2. The van der Waals surface area contributed by atoms with Crippen molar-refractivity contribution in [2.24, 2.45) is 23.2 Å². The molecule has 0 amide bonds. The first-order chi connectivity index (χ1) is 11.0. The molecule has 23 heavy (non-hydrogen) atoms. The fourth-order valence-electron chi connectivity index (χ4n) is 5.08. The zero-order chi connectivity index (χ0) is 16.2. The van der Waals surface area contributed by atoms with Crippen LogP contribution in [0.25, 0.3) is 0 Å². The number of furan rings is 1. The second-order valence-electron chi connectivity index (χ2n) is 7.40. The molecule has 1 saturated carbocycles. The first-order valence-corrected chi connectivity index (χ1v) is 8.43. The highest BCUT2D eigenvalue weighted by Gasteiger charge is 2.61. The lowest BCUT2D eigenvalue weighted by Gasteiger charge is -2.49. The molecule has 2 fully saturated rings. The Labute approximate surface area is 135 Å². The van der Waals surface area contributed by atoms with Crippen LogP contribution in [0.5, 0.6) is 0 Å². The van der Waals surface area contributed by atoms with Crippen LogP contribution in [0.2, 0.25) is 0 Å². The van der Waals surface area contributed by atoms with Gasteiger partial charge in [-0.1, -0.05) is 12.5 Å². The Balaban J connectivity index is 1.75. The van der Waals surface area contributed by atoms with E-state index in [1.54, 1.807) is 24.7 Å². The zero-order valence-electron chi connectivity index (χ0n) is 13.6. The van der Waals surface area contributed by atoms with Gasteiger partial charge in [-0.25, -0.2) is 0 Å². The standard InChI is InChI=1S/C19H22O4/c1-11-7-14(20)8-16-15(11)4-3-12(2)19(16)10-23-17(18(19)21)13-5-6-22-9-13/h5-7,9,12,15-17H,3-4,8,10H2,1-2H3/t12-,15-,16+,17-,19-/m1/s1. The third kappa shape index (κ3) is 2.01. The van der Waals surface area contributed by atoms with E-state index in [4.69, 9.17) is 9.15 Å². The molecule has 1 aromatic heterocycles. The summed E-state index contributed by atoms with van der Waals surface area (Å²) >= 11 is 0. The normalized spacial score (nSPS) is 40.3. The van der Waals surface area contributed by atoms with Gasteiger partial charge in [0.2, 0.25) is 0 Å². The van der Waals surface area contributed by atoms with Crippen LogP contribution in [-0.4, -0.2) is 18.2 Å². The van der Waals surface area contributed by atoms with Gasteiger partial charge in [-0.15, -0.1) is 0 Å². The average Bonchev–Trinajstić information content (AvgIpc) is 3.13. The van der Waals surface area contributed by atoms with Crippen molar-refractivity contribution in [1.29, 1.82) is 0 Å². The molecule has 122 valence electrons. The number of allylic oxidation sites excluding steroid dienone is 2. The van der Waals surface area contributed by atoms with E-state index in [9.17, 15) is 9.59 Å². The quantitative estimate of drug-likeness (QED) is 0.796. The Bertz CT molecular complexity index is 672. The first kappa shape index (κ1) is 14.9. The molecule has 0 aromatic carbocycles. The van der Waals surface area contributed by atoms with Crippen molar-refractivity contribution in [3.63, 3.8) is 0 Å². The molecule has 4 heteroatoms. The van der Waals surface area contributed by atoms with E-state index < -0.39 is 11.5 Å². The first-order valence-electron chi connectivity index (χ1n) is 8.43. The van der Waals surface area contributed by atoms with Crippen molar-refractivity contribution in [3.05, 3.63) is 35.8 Å². The molecule has 0 radical (unpaired) electrons. The lowest BCUT2D eigenvalue weighted by molar-refractivity contribution is -0.138. The summed E-state index contributed by atoms with van der Waals surface area (Å²) in [5.74, 6) is 0.944. The van der Waals surface area contributed by atoms with Crippen LogP contribution in [0.4, 0.5) is 0 Å². The van der Waals surface area contributed by atoms with Crippen molar-refractivity contribution in [2.75, 3.05) is 6.61 Å². The smallest absolute Gasteiger partial charge is 0.175 e. The maximum Gasteiger partial charge on any atom is 0.175 e. The summed E-state index contributed by atoms with van der Waals surface area (Å²) in [5, 5.41) is 0. The number of ether oxygens (including phenoxy) is 1. The zero-order valence-corrected chi connectivity index (χ0v) is 13.6. The highest BCUT2D eigenvalue weighted by Crippen LogP contribution is 2.58. The molecule has 0 unspecified atom stereocenters. The van der Waals surface area contributed by atoms with Crippen LogP contribution in [-0.2, 0) is 14.3 Å². The summed E-state index contributed by atoms with van der Waals surface area (Å²) < 4.78 is 11.1. The van der Waals surface area contributed by atoms with Gasteiger partial charge in [0.1, 0.15) is 6.10 Å². The molecule has 5 atom stereocenters. The summed E-state index contributed by atoms with van der Waals surface area (Å²) in [4.78, 5) is 25.5. The molecule has 4 rings (SSSR count). The van der Waals surface area contributed by atoms with Crippen molar-refractivity contribution in [1.82, 2.24) is 0 Å². The van der Waals surface area contributed by atoms with Gasteiger partial charge in [0.15, 0.2) is 11.6 Å². The molecule has 1 spiro atoms. The van der Waals surface area contributed by atoms with Crippen LogP contribution in [0.1, 0.15) is 44.8 Å². The molecular weight excluding hydrogens is 292 g/mol. The number of hydrogen-bond acceptors (Lipinski definition) is 4. The predicted molar refractivity (Wildman–Crippen MR) is 83.6 cm³/mol. The van der Waals surface area contributed by atoms with E-state index >= 15 is 0 Å². The van der Waals surface area contributed by atoms with Crippen LogP contribution in [0, 0.1) is 23.2 Å². The monoisotopic (exact) mass is 314 g/mol. The highest BCUT2D eigenvalue weighted by molar-refractivity contribution is 5.96. The minimum Gasteiger partial charge on any atom is -0.472 e. The summed E-state index contributed by atoms with van der Waals surface area (Å²) in [7, 11) is 0. The number of hydrogen-bond donors (Lipinski definition) is 0. The Hall–Kier alpha value is -1.68. The lowest BCUT2D eigenvalue weighted by Crippen LogP contribution is -2.52. The van der Waals surface area contributed by atoms with Crippen LogP contribution >= 0.6 is 0 Å². The SMILES string of the molecule is CC1=CC(=O)C[C@H]2[C@@H]1CC[C@@H](C)[C@]21CO[C@H](c2ccoc2)C1=O. The Morgan fingerprint density at radius 3 is 2.83 bits per heavy atom. The Kier molecular flexibility index (Phi) is 3.34. The number of carbonyl (C=O) groups is 2. The molecule has 0 bridgehead atoms. The van der Waals surface area contributed by atoms with Crippen LogP contribution in [0.15, 0.2) is 34.7 Å². The molecule has 1 aromatic rings. The molecule has 2 heterocycles. The third-order valence-electron chi connectivity index (χ3n) is 6.36. The fraction of sp³-hybridized carbons (Fsp3) is 0.579. The number of rotatable bonds is 1. The summed E-state index contributed by atoms with van der Waals surface area (Å²) in [5.41, 5.74) is 1.39. The second-order valence-corrected chi connectivity index (χ2v) is 7.40. The van der Waals surface area contributed by atoms with E-state index in [1.807, 2.05) is 6.92 Å². The fourth-order valence-corrected chi connectivity index (χ4v) is 5.08. The molecule has 1 saturated heterocycles. The lowest BCUT2D eigenvalue weighted by atomic mass is 9.52. The molecule has 2 aliphatic carbocycles. The number of carbonyl (C=O) groups excluding carboxylic acids is 2. The van der Waals surface area contributed by atoms with Gasteiger partial charge in [-0.3, -0.25) is 9.59 Å². The van der Waals surface area contributed by atoms with Gasteiger partial charge in [0.25, 0.3) is 0 Å². The number of Topliss-reactive ketones (excluding diaryl/α,β-unsaturated/α-hetero) is 1. The van der Waals surface area contributed by atoms with Crippen molar-refractivity contribution >= 4 is 11.6 Å². The maximum absolute atomic E-state index is 13.4. The van der Waals surface area contributed by atoms with E-state index in [2.05, 4.69) is 6.92 Å². The van der Waals surface area contributed by atoms with Gasteiger partial charge in [0, 0.05) is 12.0 Å². The molecule has 4 nitrogen and oxygen atoms in total. The van der Waals surface area contributed by atoms with Crippen LogP contribution in [0.3, 0.4) is 0 Å². The highest BCUT2D eigenvalue weighted by atomic mass is 16.5. The van der Waals surface area contributed by atoms with Gasteiger partial charge >= 0.3 is 0 Å². The van der Waals surface area contributed by atoms with Crippen molar-refractivity contribution < 1.29 is 18.7 Å². The maximum atomic E-state index is 13.4. The average molecular weight is 314 g/mol. The van der Waals surface area contributed by atoms with Gasteiger partial charge in [-0.05, 0) is 49.7 Å². The minimum absolute atomic E-state index is 0.0770. The molecular formula is C19H22O4. The minimum atomic E-state index is -0.545. The Morgan fingerprint density at radius 2 is 2.09 bits per heavy atom. The molecule has 0 N–H and O–H groups in total. The van der Waals surface area contributed by atoms with E-state index in [1.165, 1.54) is 0 Å². The van der Waals surface area contributed by atoms with Gasteiger partial charge < -0.3 is 9.15 Å². The predicted octanol–water partition coefficient (Wildman–Crippen LogP) is 3.49. The molecule has 1 aliphatic heterocycles. The summed E-state index contributed by atoms with van der Waals surface area (Å²) in [6.45, 7) is 4.60. The van der Waals surface area contributed by atoms with E-state index in [0.29, 0.717) is 18.9 Å². The second kappa shape index (κ2) is 5.17. The van der Waals surface area contributed by atoms with Gasteiger partial charge in [0.05, 0.1) is 24.5 Å². The summed E-state index contributed by atoms with van der Waals surface area (Å²) in [6.07, 6.45) is 6.93. The number of fused-ring (bicyclic) bond motifs is 2. The topological polar surface area (TPSA) is 56.5 Å². The van der Waals surface area contributed by atoms with Crippen molar-refractivity contribution in [3.8, 4) is 0 Å². The molecule has 3 aliphatic rings. The van der Waals surface area contributed by atoms with Crippen LogP contribution < -0.4 is 0 Å². The van der Waals surface area contributed by atoms with E-state index in [-0.39, 0.29) is 23.4 Å². The van der Waals surface area contributed by atoms with Crippen molar-refractivity contribution in [2.45, 2.75) is 39.2 Å².